The van der Waals surface area contributed by atoms with Gasteiger partial charge in [-0.2, -0.15) is 0 Å². The Bertz CT molecular complexity index is 363. The molecule has 2 rings (SSSR count). The van der Waals surface area contributed by atoms with Gasteiger partial charge < -0.3 is 10.6 Å². The highest BCUT2D eigenvalue weighted by atomic mass is 32.1. The van der Waals surface area contributed by atoms with Crippen LogP contribution in [0.1, 0.15) is 23.3 Å². The quantitative estimate of drug-likeness (QED) is 0.752. The highest BCUT2D eigenvalue weighted by Gasteiger charge is 2.24. The molecular weight excluding hydrogens is 214 g/mol. The van der Waals surface area contributed by atoms with Gasteiger partial charge in [0.2, 0.25) is 5.91 Å². The van der Waals surface area contributed by atoms with Crippen LogP contribution >= 0.6 is 11.3 Å². The Morgan fingerprint density at radius 3 is 3.20 bits per heavy atom. The summed E-state index contributed by atoms with van der Waals surface area (Å²) >= 11 is 1.36. The van der Waals surface area contributed by atoms with Gasteiger partial charge in [-0.1, -0.05) is 0 Å². The van der Waals surface area contributed by atoms with E-state index in [-0.39, 0.29) is 11.8 Å². The van der Waals surface area contributed by atoms with Crippen LogP contribution in [-0.4, -0.2) is 29.4 Å². The zero-order valence-electron chi connectivity index (χ0n) is 8.03. The predicted octanol–water partition coefficient (Wildman–Crippen LogP) is 0.152. The second-order valence-electron chi connectivity index (χ2n) is 3.33. The molecule has 15 heavy (non-hydrogen) atoms. The zero-order chi connectivity index (χ0) is 10.7. The monoisotopic (exact) mass is 225 g/mol. The third-order valence-corrected chi connectivity index (χ3v) is 2.84. The normalized spacial score (nSPS) is 20.8. The van der Waals surface area contributed by atoms with Crippen molar-refractivity contribution in [2.75, 3.05) is 6.54 Å². The largest absolute Gasteiger partial charge is 0.354 e. The third kappa shape index (κ3) is 2.33. The lowest BCUT2D eigenvalue weighted by Crippen LogP contribution is -2.50. The van der Waals surface area contributed by atoms with Crippen molar-refractivity contribution in [3.63, 3.8) is 0 Å². The molecule has 1 aliphatic heterocycles. The second-order valence-corrected chi connectivity index (χ2v) is 4.05. The molecule has 5 nitrogen and oxygen atoms in total. The maximum atomic E-state index is 11.6. The summed E-state index contributed by atoms with van der Waals surface area (Å²) in [5.74, 6) is -0.386. The summed E-state index contributed by atoms with van der Waals surface area (Å²) in [6.07, 6.45) is 1.59. The number of nitrogens with zero attached hydrogens (tertiary/aromatic N) is 1. The van der Waals surface area contributed by atoms with Crippen LogP contribution < -0.4 is 10.6 Å². The zero-order valence-corrected chi connectivity index (χ0v) is 8.84. The molecule has 1 aromatic rings. The van der Waals surface area contributed by atoms with Crippen LogP contribution in [0.3, 0.4) is 0 Å². The smallest absolute Gasteiger partial charge is 0.271 e. The van der Waals surface area contributed by atoms with Gasteiger partial charge in [0.1, 0.15) is 11.7 Å². The van der Waals surface area contributed by atoms with E-state index in [2.05, 4.69) is 15.6 Å². The van der Waals surface area contributed by atoms with Crippen LogP contribution in [0.2, 0.25) is 0 Å². The number of carbonyl (C=O) groups excluding carboxylic acids is 2. The molecule has 2 N–H and O–H groups in total. The number of piperidine rings is 1. The van der Waals surface area contributed by atoms with Crippen molar-refractivity contribution >= 4 is 23.2 Å². The molecule has 1 aromatic heterocycles. The van der Waals surface area contributed by atoms with E-state index in [0.717, 1.165) is 6.42 Å². The minimum absolute atomic E-state index is 0.107. The number of amides is 2. The summed E-state index contributed by atoms with van der Waals surface area (Å²) < 4.78 is 0. The van der Waals surface area contributed by atoms with Crippen LogP contribution in [-0.2, 0) is 4.79 Å². The molecule has 0 spiro atoms. The molecule has 1 fully saturated rings. The van der Waals surface area contributed by atoms with Crippen molar-refractivity contribution in [1.82, 2.24) is 15.6 Å². The van der Waals surface area contributed by atoms with Crippen molar-refractivity contribution < 1.29 is 9.59 Å². The lowest BCUT2D eigenvalue weighted by molar-refractivity contribution is -0.124. The highest BCUT2D eigenvalue weighted by molar-refractivity contribution is 7.07. The van der Waals surface area contributed by atoms with Crippen LogP contribution in [0.25, 0.3) is 0 Å². The standard InChI is InChI=1S/C9H11N3O2S/c13-8-6(2-1-3-10-8)12-9(14)7-4-15-5-11-7/h4-6H,1-3H2,(H,10,13)(H,12,14). The first kappa shape index (κ1) is 10.1. The SMILES string of the molecule is O=C(NC1CCCNC1=O)c1cscn1. The number of nitrogens with one attached hydrogen (secondary N) is 2. The molecule has 2 amide bonds. The van der Waals surface area contributed by atoms with E-state index in [9.17, 15) is 9.59 Å². The van der Waals surface area contributed by atoms with Crippen LogP contribution in [0, 0.1) is 0 Å². The molecule has 1 atom stereocenters. The highest BCUT2D eigenvalue weighted by Crippen LogP contribution is 2.05. The first-order valence-corrected chi connectivity index (χ1v) is 5.68. The number of aromatic nitrogens is 1. The summed E-state index contributed by atoms with van der Waals surface area (Å²) in [6.45, 7) is 0.696. The Labute approximate surface area is 90.9 Å². The van der Waals surface area contributed by atoms with E-state index in [1.54, 1.807) is 10.9 Å². The Balaban J connectivity index is 1.96. The molecule has 0 saturated carbocycles. The minimum Gasteiger partial charge on any atom is -0.354 e. The van der Waals surface area contributed by atoms with Crippen molar-refractivity contribution in [3.05, 3.63) is 16.6 Å². The molecule has 6 heteroatoms. The van der Waals surface area contributed by atoms with Crippen molar-refractivity contribution in [3.8, 4) is 0 Å². The van der Waals surface area contributed by atoms with Crippen molar-refractivity contribution in [2.24, 2.45) is 0 Å². The summed E-state index contributed by atoms with van der Waals surface area (Å²) in [5, 5.41) is 7.04. The van der Waals surface area contributed by atoms with E-state index < -0.39 is 6.04 Å². The van der Waals surface area contributed by atoms with Gasteiger partial charge in [-0.25, -0.2) is 4.98 Å². The van der Waals surface area contributed by atoms with Gasteiger partial charge in [0.15, 0.2) is 0 Å². The van der Waals surface area contributed by atoms with Gasteiger partial charge in [0, 0.05) is 11.9 Å². The summed E-state index contributed by atoms with van der Waals surface area (Å²) in [7, 11) is 0. The average molecular weight is 225 g/mol. The molecule has 0 radical (unpaired) electrons. The lowest BCUT2D eigenvalue weighted by Gasteiger charge is -2.22. The van der Waals surface area contributed by atoms with E-state index in [1.807, 2.05) is 0 Å². The Morgan fingerprint density at radius 1 is 1.67 bits per heavy atom. The van der Waals surface area contributed by atoms with Crippen LogP contribution in [0.4, 0.5) is 0 Å². The molecule has 1 aliphatic rings. The summed E-state index contributed by atoms with van der Waals surface area (Å²) in [6, 6.07) is -0.409. The Kier molecular flexibility index (Phi) is 2.96. The van der Waals surface area contributed by atoms with Gasteiger partial charge in [-0.15, -0.1) is 11.3 Å². The summed E-state index contributed by atoms with van der Waals surface area (Å²) in [4.78, 5) is 26.8. The molecule has 1 saturated heterocycles. The fourth-order valence-corrected chi connectivity index (χ4v) is 2.00. The van der Waals surface area contributed by atoms with E-state index in [0.29, 0.717) is 18.7 Å². The third-order valence-electron chi connectivity index (χ3n) is 2.26. The Morgan fingerprint density at radius 2 is 2.53 bits per heavy atom. The molecule has 2 heterocycles. The predicted molar refractivity (Wildman–Crippen MR) is 55.6 cm³/mol. The molecule has 0 bridgehead atoms. The maximum Gasteiger partial charge on any atom is 0.271 e. The number of rotatable bonds is 2. The lowest BCUT2D eigenvalue weighted by atomic mass is 10.1. The molecule has 0 aromatic carbocycles. The van der Waals surface area contributed by atoms with Crippen molar-refractivity contribution in [2.45, 2.75) is 18.9 Å². The number of thiazole rings is 1. The molecule has 0 aliphatic carbocycles. The van der Waals surface area contributed by atoms with Crippen LogP contribution in [0.5, 0.6) is 0 Å². The number of hydrogen-bond acceptors (Lipinski definition) is 4. The van der Waals surface area contributed by atoms with E-state index >= 15 is 0 Å². The van der Waals surface area contributed by atoms with Crippen molar-refractivity contribution in [1.29, 1.82) is 0 Å². The van der Waals surface area contributed by atoms with Gasteiger partial charge in [-0.3, -0.25) is 9.59 Å². The number of hydrogen-bond donors (Lipinski definition) is 2. The first-order chi connectivity index (χ1) is 7.27. The van der Waals surface area contributed by atoms with Gasteiger partial charge >= 0.3 is 0 Å². The van der Waals surface area contributed by atoms with Gasteiger partial charge in [0.25, 0.3) is 5.91 Å². The number of carbonyl (C=O) groups is 2. The van der Waals surface area contributed by atoms with Gasteiger partial charge in [-0.05, 0) is 12.8 Å². The Hall–Kier alpha value is -1.43. The first-order valence-electron chi connectivity index (χ1n) is 4.74. The topological polar surface area (TPSA) is 71.1 Å². The van der Waals surface area contributed by atoms with E-state index in [1.165, 1.54) is 11.3 Å². The molecule has 80 valence electrons. The van der Waals surface area contributed by atoms with Gasteiger partial charge in [0.05, 0.1) is 5.51 Å². The maximum absolute atomic E-state index is 11.6. The van der Waals surface area contributed by atoms with E-state index in [4.69, 9.17) is 0 Å². The fourth-order valence-electron chi connectivity index (χ4n) is 1.47. The fraction of sp³-hybridized carbons (Fsp3) is 0.444. The second kappa shape index (κ2) is 4.39. The molecule has 1 unspecified atom stereocenters. The average Bonchev–Trinajstić information content (AvgIpc) is 2.74. The summed E-state index contributed by atoms with van der Waals surface area (Å²) in [5.41, 5.74) is 1.97. The molecular formula is C9H11N3O2S. The van der Waals surface area contributed by atoms with Crippen LogP contribution in [0.15, 0.2) is 10.9 Å². The minimum atomic E-state index is -0.409.